The summed E-state index contributed by atoms with van der Waals surface area (Å²) in [7, 11) is 0. The molecule has 128 valence electrons. The van der Waals surface area contributed by atoms with Crippen LogP contribution in [0.15, 0.2) is 75.9 Å². The van der Waals surface area contributed by atoms with Crippen molar-refractivity contribution in [1.29, 1.82) is 0 Å². The average molecular weight is 344 g/mol. The van der Waals surface area contributed by atoms with Crippen LogP contribution < -0.4 is 4.74 Å². The molecule has 0 aliphatic carbocycles. The summed E-state index contributed by atoms with van der Waals surface area (Å²) in [6, 6.07) is 19.1. The van der Waals surface area contributed by atoms with Crippen molar-refractivity contribution in [2.24, 2.45) is 0 Å². The van der Waals surface area contributed by atoms with Crippen molar-refractivity contribution in [3.63, 3.8) is 0 Å². The standard InChI is InChI=1S/C21H16N2O3/c1-15-4-8-18(9-5-15)25-19-10-6-16(7-11-19)21-22-20(26-23-21)13-12-17-3-2-14-24-17/h2-14H,1H3. The normalized spacial score (nSPS) is 11.1. The van der Waals surface area contributed by atoms with Gasteiger partial charge in [0.05, 0.1) is 6.26 Å². The van der Waals surface area contributed by atoms with Crippen molar-refractivity contribution in [2.75, 3.05) is 0 Å². The van der Waals surface area contributed by atoms with Gasteiger partial charge in [-0.15, -0.1) is 0 Å². The van der Waals surface area contributed by atoms with Crippen molar-refractivity contribution in [3.8, 4) is 22.9 Å². The molecule has 26 heavy (non-hydrogen) atoms. The van der Waals surface area contributed by atoms with Crippen LogP contribution in [0, 0.1) is 6.92 Å². The second-order valence-electron chi connectivity index (χ2n) is 5.74. The van der Waals surface area contributed by atoms with Crippen LogP contribution in [-0.4, -0.2) is 10.1 Å². The molecule has 2 aromatic heterocycles. The molecule has 0 saturated heterocycles. The van der Waals surface area contributed by atoms with Gasteiger partial charge in [0, 0.05) is 11.6 Å². The van der Waals surface area contributed by atoms with Gasteiger partial charge >= 0.3 is 0 Å². The van der Waals surface area contributed by atoms with Gasteiger partial charge in [0.1, 0.15) is 17.3 Å². The monoisotopic (exact) mass is 344 g/mol. The number of aryl methyl sites for hydroxylation is 1. The van der Waals surface area contributed by atoms with E-state index in [1.165, 1.54) is 5.56 Å². The van der Waals surface area contributed by atoms with Gasteiger partial charge in [-0.25, -0.2) is 0 Å². The van der Waals surface area contributed by atoms with E-state index in [1.54, 1.807) is 18.4 Å². The Morgan fingerprint density at radius 2 is 1.62 bits per heavy atom. The lowest BCUT2D eigenvalue weighted by atomic mass is 10.2. The van der Waals surface area contributed by atoms with Crippen LogP contribution in [0.2, 0.25) is 0 Å². The molecule has 5 nitrogen and oxygen atoms in total. The number of benzene rings is 2. The molecule has 0 aliphatic heterocycles. The highest BCUT2D eigenvalue weighted by atomic mass is 16.5. The maximum Gasteiger partial charge on any atom is 0.251 e. The van der Waals surface area contributed by atoms with Gasteiger partial charge in [0.25, 0.3) is 5.89 Å². The minimum atomic E-state index is 0.413. The lowest BCUT2D eigenvalue weighted by molar-refractivity contribution is 0.411. The van der Waals surface area contributed by atoms with Crippen LogP contribution in [0.3, 0.4) is 0 Å². The molecule has 0 spiro atoms. The van der Waals surface area contributed by atoms with Gasteiger partial charge in [-0.3, -0.25) is 0 Å². The summed E-state index contributed by atoms with van der Waals surface area (Å²) in [6.07, 6.45) is 5.10. The number of furan rings is 1. The highest BCUT2D eigenvalue weighted by molar-refractivity contribution is 5.64. The second kappa shape index (κ2) is 7.11. The van der Waals surface area contributed by atoms with E-state index in [1.807, 2.05) is 67.6 Å². The summed E-state index contributed by atoms with van der Waals surface area (Å²) in [5, 5.41) is 4.00. The van der Waals surface area contributed by atoms with E-state index in [2.05, 4.69) is 10.1 Å². The number of ether oxygens (including phenoxy) is 1. The minimum Gasteiger partial charge on any atom is -0.465 e. The predicted octanol–water partition coefficient (Wildman–Crippen LogP) is 5.60. The molecule has 0 bridgehead atoms. The Morgan fingerprint density at radius 1 is 0.885 bits per heavy atom. The van der Waals surface area contributed by atoms with E-state index in [-0.39, 0.29) is 0 Å². The van der Waals surface area contributed by atoms with Gasteiger partial charge in [0.2, 0.25) is 5.82 Å². The molecule has 2 aromatic carbocycles. The van der Waals surface area contributed by atoms with E-state index in [0.717, 1.165) is 22.8 Å². The Morgan fingerprint density at radius 3 is 2.31 bits per heavy atom. The Hall–Kier alpha value is -3.60. The van der Waals surface area contributed by atoms with Crippen LogP contribution in [0.1, 0.15) is 17.2 Å². The summed E-state index contributed by atoms with van der Waals surface area (Å²) in [4.78, 5) is 4.36. The highest BCUT2D eigenvalue weighted by Gasteiger charge is 2.07. The van der Waals surface area contributed by atoms with Gasteiger partial charge in [-0.2, -0.15) is 4.98 Å². The van der Waals surface area contributed by atoms with Crippen molar-refractivity contribution in [3.05, 3.63) is 84.1 Å². The first kappa shape index (κ1) is 15.9. The summed E-state index contributed by atoms with van der Waals surface area (Å²) in [5.74, 6) is 3.21. The Bertz CT molecular complexity index is 998. The molecule has 4 rings (SSSR count). The molecule has 4 aromatic rings. The molecular formula is C21H16N2O3. The lowest BCUT2D eigenvalue weighted by Gasteiger charge is -2.06. The summed E-state index contributed by atoms with van der Waals surface area (Å²) in [5.41, 5.74) is 2.05. The first-order chi connectivity index (χ1) is 12.8. The molecule has 0 saturated carbocycles. The number of rotatable bonds is 5. The first-order valence-electron chi connectivity index (χ1n) is 8.16. The molecule has 0 radical (unpaired) electrons. The van der Waals surface area contributed by atoms with Crippen molar-refractivity contribution in [1.82, 2.24) is 10.1 Å². The third-order valence-corrected chi connectivity index (χ3v) is 3.74. The number of hydrogen-bond donors (Lipinski definition) is 0. The summed E-state index contributed by atoms with van der Waals surface area (Å²) >= 11 is 0. The third-order valence-electron chi connectivity index (χ3n) is 3.74. The fourth-order valence-corrected chi connectivity index (χ4v) is 2.37. The van der Waals surface area contributed by atoms with E-state index < -0.39 is 0 Å². The Kier molecular flexibility index (Phi) is 4.35. The highest BCUT2D eigenvalue weighted by Crippen LogP contribution is 2.25. The van der Waals surface area contributed by atoms with Crippen LogP contribution in [-0.2, 0) is 0 Å². The number of aromatic nitrogens is 2. The lowest BCUT2D eigenvalue weighted by Crippen LogP contribution is -1.85. The van der Waals surface area contributed by atoms with Crippen molar-refractivity contribution < 1.29 is 13.7 Å². The van der Waals surface area contributed by atoms with Crippen LogP contribution >= 0.6 is 0 Å². The SMILES string of the molecule is Cc1ccc(Oc2ccc(-c3noc(C=Cc4ccco4)n3)cc2)cc1. The minimum absolute atomic E-state index is 0.413. The van der Waals surface area contributed by atoms with E-state index in [9.17, 15) is 0 Å². The van der Waals surface area contributed by atoms with Crippen molar-refractivity contribution >= 4 is 12.2 Å². The molecule has 0 N–H and O–H groups in total. The molecule has 0 unspecified atom stereocenters. The third kappa shape index (κ3) is 3.72. The van der Waals surface area contributed by atoms with E-state index >= 15 is 0 Å². The largest absolute Gasteiger partial charge is 0.465 e. The Balaban J connectivity index is 1.46. The second-order valence-corrected chi connectivity index (χ2v) is 5.74. The topological polar surface area (TPSA) is 61.3 Å². The van der Waals surface area contributed by atoms with Crippen LogP contribution in [0.4, 0.5) is 0 Å². The van der Waals surface area contributed by atoms with Crippen LogP contribution in [0.25, 0.3) is 23.5 Å². The summed E-state index contributed by atoms with van der Waals surface area (Å²) in [6.45, 7) is 2.04. The average Bonchev–Trinajstić information content (AvgIpc) is 3.34. The number of nitrogens with zero attached hydrogens (tertiary/aromatic N) is 2. The molecule has 0 fully saturated rings. The fraction of sp³-hybridized carbons (Fsp3) is 0.0476. The first-order valence-corrected chi connectivity index (χ1v) is 8.16. The molecule has 0 aliphatic rings. The van der Waals surface area contributed by atoms with Gasteiger partial charge in [-0.1, -0.05) is 22.9 Å². The quantitative estimate of drug-likeness (QED) is 0.471. The zero-order valence-electron chi connectivity index (χ0n) is 14.1. The molecular weight excluding hydrogens is 328 g/mol. The molecule has 0 atom stereocenters. The predicted molar refractivity (Wildman–Crippen MR) is 98.6 cm³/mol. The van der Waals surface area contributed by atoms with Gasteiger partial charge in [-0.05, 0) is 61.5 Å². The van der Waals surface area contributed by atoms with Gasteiger partial charge in [0.15, 0.2) is 0 Å². The zero-order valence-corrected chi connectivity index (χ0v) is 14.1. The Labute approximate surface area is 150 Å². The summed E-state index contributed by atoms with van der Waals surface area (Å²) < 4.78 is 16.3. The van der Waals surface area contributed by atoms with Gasteiger partial charge < -0.3 is 13.7 Å². The maximum absolute atomic E-state index is 5.82. The van der Waals surface area contributed by atoms with Crippen LogP contribution in [0.5, 0.6) is 11.5 Å². The zero-order chi connectivity index (χ0) is 17.8. The van der Waals surface area contributed by atoms with E-state index in [4.69, 9.17) is 13.7 Å². The molecule has 2 heterocycles. The maximum atomic E-state index is 5.82. The number of hydrogen-bond acceptors (Lipinski definition) is 5. The molecule has 5 heteroatoms. The smallest absolute Gasteiger partial charge is 0.251 e. The van der Waals surface area contributed by atoms with E-state index in [0.29, 0.717) is 11.7 Å². The fourth-order valence-electron chi connectivity index (χ4n) is 2.37. The molecule has 0 amide bonds. The van der Waals surface area contributed by atoms with Crippen molar-refractivity contribution in [2.45, 2.75) is 6.92 Å².